The average Bonchev–Trinajstić information content (AvgIpc) is 2.48. The molecule has 0 saturated heterocycles. The number of anilines is 2. The predicted molar refractivity (Wildman–Crippen MR) is 78.3 cm³/mol. The number of esters is 1. The Balaban J connectivity index is 1.88. The van der Waals surface area contributed by atoms with E-state index in [4.69, 9.17) is 9.47 Å². The van der Waals surface area contributed by atoms with Gasteiger partial charge in [-0.3, -0.25) is 0 Å². The van der Waals surface area contributed by atoms with Crippen molar-refractivity contribution in [1.29, 1.82) is 0 Å². The Morgan fingerprint density at radius 2 is 1.65 bits per heavy atom. The number of ether oxygens (including phenoxy) is 2. The lowest BCUT2D eigenvalue weighted by atomic mass is 10.2. The Hall–Kier alpha value is -2.49. The molecule has 0 unspecified atom stereocenters. The standard InChI is InChI=1S/C16H17NO3/c1-2-19-16(18)12-20-15-10-8-14(9-11-15)17-13-6-4-3-5-7-13/h3-11,17H,2,12H2,1H3. The third kappa shape index (κ3) is 4.31. The topological polar surface area (TPSA) is 47.6 Å². The van der Waals surface area contributed by atoms with Crippen LogP contribution in [-0.4, -0.2) is 19.2 Å². The zero-order valence-electron chi connectivity index (χ0n) is 11.3. The summed E-state index contributed by atoms with van der Waals surface area (Å²) in [6.07, 6.45) is 0. The fourth-order valence-corrected chi connectivity index (χ4v) is 1.67. The number of benzene rings is 2. The molecule has 20 heavy (non-hydrogen) atoms. The van der Waals surface area contributed by atoms with Crippen LogP contribution in [0, 0.1) is 0 Å². The van der Waals surface area contributed by atoms with Gasteiger partial charge in [-0.2, -0.15) is 0 Å². The third-order valence-corrected chi connectivity index (χ3v) is 2.58. The average molecular weight is 271 g/mol. The van der Waals surface area contributed by atoms with Crippen LogP contribution in [0.2, 0.25) is 0 Å². The molecule has 0 bridgehead atoms. The van der Waals surface area contributed by atoms with E-state index in [0.29, 0.717) is 12.4 Å². The minimum Gasteiger partial charge on any atom is -0.482 e. The fraction of sp³-hybridized carbons (Fsp3) is 0.188. The van der Waals surface area contributed by atoms with E-state index in [-0.39, 0.29) is 12.6 Å². The van der Waals surface area contributed by atoms with Crippen LogP contribution < -0.4 is 10.1 Å². The largest absolute Gasteiger partial charge is 0.482 e. The molecule has 0 spiro atoms. The maximum atomic E-state index is 11.2. The molecule has 0 heterocycles. The lowest BCUT2D eigenvalue weighted by molar-refractivity contribution is -0.145. The molecule has 2 aromatic rings. The van der Waals surface area contributed by atoms with Crippen molar-refractivity contribution >= 4 is 17.3 Å². The molecule has 2 aromatic carbocycles. The van der Waals surface area contributed by atoms with Crippen molar-refractivity contribution in [1.82, 2.24) is 0 Å². The Labute approximate surface area is 118 Å². The van der Waals surface area contributed by atoms with Gasteiger partial charge in [0, 0.05) is 11.4 Å². The smallest absolute Gasteiger partial charge is 0.344 e. The normalized spacial score (nSPS) is 9.85. The number of para-hydroxylation sites is 1. The van der Waals surface area contributed by atoms with Gasteiger partial charge in [0.15, 0.2) is 6.61 Å². The highest BCUT2D eigenvalue weighted by Gasteiger charge is 2.02. The van der Waals surface area contributed by atoms with Gasteiger partial charge in [-0.15, -0.1) is 0 Å². The number of hydrogen-bond donors (Lipinski definition) is 1. The summed E-state index contributed by atoms with van der Waals surface area (Å²) >= 11 is 0. The lowest BCUT2D eigenvalue weighted by Crippen LogP contribution is -2.14. The van der Waals surface area contributed by atoms with Crippen LogP contribution >= 0.6 is 0 Å². The molecule has 0 fully saturated rings. The highest BCUT2D eigenvalue weighted by Crippen LogP contribution is 2.19. The zero-order valence-corrected chi connectivity index (χ0v) is 11.3. The van der Waals surface area contributed by atoms with Gasteiger partial charge in [0.25, 0.3) is 0 Å². The van der Waals surface area contributed by atoms with Crippen molar-refractivity contribution in [3.8, 4) is 5.75 Å². The van der Waals surface area contributed by atoms with Crippen molar-refractivity contribution in [2.75, 3.05) is 18.5 Å². The summed E-state index contributed by atoms with van der Waals surface area (Å²) in [5.41, 5.74) is 1.98. The zero-order chi connectivity index (χ0) is 14.2. The van der Waals surface area contributed by atoms with Gasteiger partial charge < -0.3 is 14.8 Å². The molecular formula is C16H17NO3. The van der Waals surface area contributed by atoms with Gasteiger partial charge in [0.2, 0.25) is 0 Å². The summed E-state index contributed by atoms with van der Waals surface area (Å²) in [4.78, 5) is 11.2. The molecule has 0 aliphatic carbocycles. The molecule has 0 aromatic heterocycles. The third-order valence-electron chi connectivity index (χ3n) is 2.58. The van der Waals surface area contributed by atoms with E-state index in [0.717, 1.165) is 11.4 Å². The monoisotopic (exact) mass is 271 g/mol. The van der Waals surface area contributed by atoms with Crippen LogP contribution in [0.3, 0.4) is 0 Å². The van der Waals surface area contributed by atoms with E-state index in [2.05, 4.69) is 5.32 Å². The summed E-state index contributed by atoms with van der Waals surface area (Å²) in [5.74, 6) is 0.274. The second kappa shape index (κ2) is 7.19. The molecule has 0 aliphatic heterocycles. The number of carbonyl (C=O) groups is 1. The second-order valence-electron chi connectivity index (χ2n) is 4.11. The minimum absolute atomic E-state index is 0.0701. The van der Waals surface area contributed by atoms with E-state index >= 15 is 0 Å². The predicted octanol–water partition coefficient (Wildman–Crippen LogP) is 3.37. The Kier molecular flexibility index (Phi) is 5.00. The fourth-order valence-electron chi connectivity index (χ4n) is 1.67. The number of nitrogens with one attached hydrogen (secondary N) is 1. The van der Waals surface area contributed by atoms with E-state index in [9.17, 15) is 4.79 Å². The first kappa shape index (κ1) is 13.9. The van der Waals surface area contributed by atoms with Crippen molar-refractivity contribution in [2.24, 2.45) is 0 Å². The molecule has 4 nitrogen and oxygen atoms in total. The van der Waals surface area contributed by atoms with Crippen molar-refractivity contribution in [3.05, 3.63) is 54.6 Å². The van der Waals surface area contributed by atoms with Gasteiger partial charge in [-0.25, -0.2) is 4.79 Å². The first-order chi connectivity index (χ1) is 9.78. The molecule has 104 valence electrons. The number of hydrogen-bond acceptors (Lipinski definition) is 4. The summed E-state index contributed by atoms with van der Waals surface area (Å²) in [6.45, 7) is 2.06. The van der Waals surface area contributed by atoms with Crippen LogP contribution in [0.25, 0.3) is 0 Å². The molecule has 0 aliphatic rings. The summed E-state index contributed by atoms with van der Waals surface area (Å²) in [6, 6.07) is 17.3. The van der Waals surface area contributed by atoms with E-state index in [1.54, 1.807) is 6.92 Å². The number of carbonyl (C=O) groups excluding carboxylic acids is 1. The van der Waals surface area contributed by atoms with Crippen LogP contribution in [0.5, 0.6) is 5.75 Å². The molecule has 0 radical (unpaired) electrons. The Bertz CT molecular complexity index is 537. The van der Waals surface area contributed by atoms with Crippen LogP contribution in [0.1, 0.15) is 6.92 Å². The van der Waals surface area contributed by atoms with Crippen molar-refractivity contribution in [3.63, 3.8) is 0 Å². The summed E-state index contributed by atoms with van der Waals surface area (Å²) in [7, 11) is 0. The van der Waals surface area contributed by atoms with Gasteiger partial charge in [0.05, 0.1) is 6.61 Å². The number of rotatable bonds is 6. The van der Waals surface area contributed by atoms with Crippen molar-refractivity contribution < 1.29 is 14.3 Å². The Morgan fingerprint density at radius 1 is 1.00 bits per heavy atom. The lowest BCUT2D eigenvalue weighted by Gasteiger charge is -2.08. The molecule has 1 N–H and O–H groups in total. The van der Waals surface area contributed by atoms with E-state index < -0.39 is 0 Å². The molecule has 0 amide bonds. The van der Waals surface area contributed by atoms with Crippen LogP contribution in [0.4, 0.5) is 11.4 Å². The van der Waals surface area contributed by atoms with Crippen LogP contribution in [0.15, 0.2) is 54.6 Å². The minimum atomic E-state index is -0.362. The van der Waals surface area contributed by atoms with Gasteiger partial charge in [-0.1, -0.05) is 18.2 Å². The van der Waals surface area contributed by atoms with Gasteiger partial charge in [-0.05, 0) is 43.3 Å². The highest BCUT2D eigenvalue weighted by molar-refractivity contribution is 5.71. The van der Waals surface area contributed by atoms with E-state index in [1.165, 1.54) is 0 Å². The highest BCUT2D eigenvalue weighted by atomic mass is 16.6. The maximum absolute atomic E-state index is 11.2. The molecule has 4 heteroatoms. The second-order valence-corrected chi connectivity index (χ2v) is 4.11. The molecule has 0 atom stereocenters. The van der Waals surface area contributed by atoms with Gasteiger partial charge in [0.1, 0.15) is 5.75 Å². The summed E-state index contributed by atoms with van der Waals surface area (Å²) in [5, 5.41) is 3.27. The van der Waals surface area contributed by atoms with Crippen LogP contribution in [-0.2, 0) is 9.53 Å². The maximum Gasteiger partial charge on any atom is 0.344 e. The van der Waals surface area contributed by atoms with Crippen molar-refractivity contribution in [2.45, 2.75) is 6.92 Å². The van der Waals surface area contributed by atoms with E-state index in [1.807, 2.05) is 54.6 Å². The quantitative estimate of drug-likeness (QED) is 0.818. The first-order valence-corrected chi connectivity index (χ1v) is 6.48. The molecular weight excluding hydrogens is 254 g/mol. The SMILES string of the molecule is CCOC(=O)COc1ccc(Nc2ccccc2)cc1. The summed E-state index contributed by atoms with van der Waals surface area (Å²) < 4.78 is 10.1. The first-order valence-electron chi connectivity index (χ1n) is 6.48. The van der Waals surface area contributed by atoms with Gasteiger partial charge >= 0.3 is 5.97 Å². The molecule has 2 rings (SSSR count). The molecule has 0 saturated carbocycles. The Morgan fingerprint density at radius 3 is 2.30 bits per heavy atom.